The number of carbonyl (C=O) groups excluding carboxylic acids is 3. The molecule has 0 spiro atoms. The molecule has 0 radical (unpaired) electrons. The van der Waals surface area contributed by atoms with Crippen molar-refractivity contribution in [1.82, 2.24) is 15.5 Å². The summed E-state index contributed by atoms with van der Waals surface area (Å²) in [5.41, 5.74) is -0.254. The second kappa shape index (κ2) is 5.48. The van der Waals surface area contributed by atoms with Gasteiger partial charge < -0.3 is 10.6 Å². The van der Waals surface area contributed by atoms with Gasteiger partial charge in [0.15, 0.2) is 0 Å². The number of carbonyl (C=O) groups is 3. The van der Waals surface area contributed by atoms with E-state index in [2.05, 4.69) is 10.6 Å². The maximum atomic E-state index is 11.6. The predicted molar refractivity (Wildman–Crippen MR) is 66.7 cm³/mol. The average molecular weight is 255 g/mol. The molecule has 0 saturated carbocycles. The molecule has 6 heteroatoms. The molecular weight excluding hydrogens is 234 g/mol. The van der Waals surface area contributed by atoms with Gasteiger partial charge in [0.25, 0.3) is 0 Å². The lowest BCUT2D eigenvalue weighted by molar-refractivity contribution is -0.137. The third-order valence-electron chi connectivity index (χ3n) is 2.64. The summed E-state index contributed by atoms with van der Waals surface area (Å²) < 4.78 is 0. The fourth-order valence-electron chi connectivity index (χ4n) is 1.76. The molecule has 18 heavy (non-hydrogen) atoms. The minimum atomic E-state index is -0.482. The van der Waals surface area contributed by atoms with E-state index >= 15 is 0 Å². The van der Waals surface area contributed by atoms with E-state index in [1.807, 2.05) is 20.8 Å². The highest BCUT2D eigenvalue weighted by molar-refractivity contribution is 6.05. The lowest BCUT2D eigenvalue weighted by Crippen LogP contribution is -2.43. The first-order valence-electron chi connectivity index (χ1n) is 6.05. The first-order valence-corrected chi connectivity index (χ1v) is 6.05. The molecule has 2 N–H and O–H groups in total. The Morgan fingerprint density at radius 2 is 2.00 bits per heavy atom. The summed E-state index contributed by atoms with van der Waals surface area (Å²) >= 11 is 0. The van der Waals surface area contributed by atoms with Crippen LogP contribution < -0.4 is 10.6 Å². The maximum absolute atomic E-state index is 11.6. The summed E-state index contributed by atoms with van der Waals surface area (Å²) in [4.78, 5) is 35.5. The normalized spacial score (nSPS) is 20.4. The fraction of sp³-hybridized carbons (Fsp3) is 0.750. The number of nitrogens with zero attached hydrogens (tertiary/aromatic N) is 1. The Morgan fingerprint density at radius 3 is 2.44 bits per heavy atom. The fourth-order valence-corrected chi connectivity index (χ4v) is 1.76. The summed E-state index contributed by atoms with van der Waals surface area (Å²) in [7, 11) is 1.47. The van der Waals surface area contributed by atoms with Crippen molar-refractivity contribution in [1.29, 1.82) is 0 Å². The zero-order valence-corrected chi connectivity index (χ0v) is 11.4. The van der Waals surface area contributed by atoms with Gasteiger partial charge in [-0.15, -0.1) is 0 Å². The van der Waals surface area contributed by atoms with E-state index in [0.29, 0.717) is 13.0 Å². The van der Waals surface area contributed by atoms with Gasteiger partial charge in [0.1, 0.15) is 0 Å². The molecule has 0 aromatic carbocycles. The van der Waals surface area contributed by atoms with Crippen molar-refractivity contribution in [3.63, 3.8) is 0 Å². The molecule has 0 aromatic heterocycles. The molecule has 1 fully saturated rings. The number of likely N-dealkylation sites (N-methyl/N-ethyl adjacent to an activating group) is 1. The van der Waals surface area contributed by atoms with Gasteiger partial charge in [-0.1, -0.05) is 0 Å². The van der Waals surface area contributed by atoms with Crippen LogP contribution in [0.2, 0.25) is 0 Å². The topological polar surface area (TPSA) is 78.5 Å². The van der Waals surface area contributed by atoms with E-state index in [0.717, 1.165) is 4.90 Å². The van der Waals surface area contributed by atoms with Gasteiger partial charge in [0.2, 0.25) is 17.7 Å². The quantitative estimate of drug-likeness (QED) is 0.672. The molecule has 1 atom stereocenters. The van der Waals surface area contributed by atoms with Crippen LogP contribution in [0.5, 0.6) is 0 Å². The number of nitrogens with one attached hydrogen (secondary N) is 2. The highest BCUT2D eigenvalue weighted by Crippen LogP contribution is 2.10. The van der Waals surface area contributed by atoms with Crippen molar-refractivity contribution in [2.24, 2.45) is 0 Å². The van der Waals surface area contributed by atoms with Gasteiger partial charge in [-0.25, -0.2) is 0 Å². The number of amides is 3. The van der Waals surface area contributed by atoms with Gasteiger partial charge in [-0.05, 0) is 20.8 Å². The van der Waals surface area contributed by atoms with Crippen LogP contribution in [-0.4, -0.2) is 47.8 Å². The zero-order valence-electron chi connectivity index (χ0n) is 11.4. The predicted octanol–water partition coefficient (Wildman–Crippen LogP) is -0.362. The molecule has 0 aromatic rings. The largest absolute Gasteiger partial charge is 0.351 e. The molecule has 0 bridgehead atoms. The monoisotopic (exact) mass is 255 g/mol. The third-order valence-corrected chi connectivity index (χ3v) is 2.64. The summed E-state index contributed by atoms with van der Waals surface area (Å²) in [5, 5.41) is 5.77. The number of imide groups is 1. The Labute approximate surface area is 107 Å². The molecule has 0 aliphatic carbocycles. The second-order valence-electron chi connectivity index (χ2n) is 5.55. The van der Waals surface area contributed by atoms with Gasteiger partial charge >= 0.3 is 0 Å². The molecule has 1 aliphatic heterocycles. The number of likely N-dealkylation sites (tertiary alicyclic amines) is 1. The Morgan fingerprint density at radius 1 is 1.39 bits per heavy atom. The Hall–Kier alpha value is -1.43. The highest BCUT2D eigenvalue weighted by Gasteiger charge is 2.35. The summed E-state index contributed by atoms with van der Waals surface area (Å²) in [6.45, 7) is 6.12. The van der Waals surface area contributed by atoms with Crippen molar-refractivity contribution >= 4 is 17.7 Å². The van der Waals surface area contributed by atoms with E-state index < -0.39 is 6.04 Å². The minimum absolute atomic E-state index is 0.0693. The third kappa shape index (κ3) is 4.10. The average Bonchev–Trinajstić information content (AvgIpc) is 2.44. The van der Waals surface area contributed by atoms with E-state index in [9.17, 15) is 14.4 Å². The molecule has 1 aliphatic rings. The summed E-state index contributed by atoms with van der Waals surface area (Å²) in [5.74, 6) is -0.479. The van der Waals surface area contributed by atoms with Crippen molar-refractivity contribution in [3.8, 4) is 0 Å². The van der Waals surface area contributed by atoms with Crippen LogP contribution in [0.4, 0.5) is 0 Å². The van der Waals surface area contributed by atoms with Crippen LogP contribution in [0.15, 0.2) is 0 Å². The molecule has 3 amide bonds. The van der Waals surface area contributed by atoms with E-state index in [-0.39, 0.29) is 29.7 Å². The van der Waals surface area contributed by atoms with Crippen LogP contribution in [0.1, 0.15) is 33.6 Å². The smallest absolute Gasteiger partial charge is 0.246 e. The van der Waals surface area contributed by atoms with Gasteiger partial charge in [-0.3, -0.25) is 19.3 Å². The molecule has 1 unspecified atom stereocenters. The van der Waals surface area contributed by atoms with Crippen LogP contribution >= 0.6 is 0 Å². The van der Waals surface area contributed by atoms with Crippen molar-refractivity contribution in [3.05, 3.63) is 0 Å². The van der Waals surface area contributed by atoms with Gasteiger partial charge in [0.05, 0.1) is 12.5 Å². The SMILES string of the molecule is CN1C(=O)CC(NCCC(=O)NC(C)(C)C)C1=O. The van der Waals surface area contributed by atoms with E-state index in [4.69, 9.17) is 0 Å². The van der Waals surface area contributed by atoms with Gasteiger partial charge in [0, 0.05) is 25.6 Å². The number of hydrogen-bond acceptors (Lipinski definition) is 4. The molecule has 1 saturated heterocycles. The Balaban J connectivity index is 2.29. The first-order chi connectivity index (χ1) is 8.20. The Bertz CT molecular complexity index is 360. The number of rotatable bonds is 4. The summed E-state index contributed by atoms with van der Waals surface area (Å²) in [6, 6.07) is -0.482. The van der Waals surface area contributed by atoms with E-state index in [1.54, 1.807) is 0 Å². The molecule has 1 heterocycles. The van der Waals surface area contributed by atoms with Crippen LogP contribution in [0.3, 0.4) is 0 Å². The Kier molecular flexibility index (Phi) is 4.45. The molecule has 1 rings (SSSR count). The standard InChI is InChI=1S/C12H21N3O3/c1-12(2,3)14-9(16)5-6-13-8-7-10(17)15(4)11(8)18/h8,13H,5-7H2,1-4H3,(H,14,16). The molecule has 6 nitrogen and oxygen atoms in total. The zero-order chi connectivity index (χ0) is 13.9. The summed E-state index contributed by atoms with van der Waals surface area (Å²) in [6.07, 6.45) is 0.467. The maximum Gasteiger partial charge on any atom is 0.246 e. The van der Waals surface area contributed by atoms with E-state index in [1.165, 1.54) is 7.05 Å². The second-order valence-corrected chi connectivity index (χ2v) is 5.55. The molecule has 102 valence electrons. The minimum Gasteiger partial charge on any atom is -0.351 e. The number of hydrogen-bond donors (Lipinski definition) is 2. The molecular formula is C12H21N3O3. The van der Waals surface area contributed by atoms with Crippen LogP contribution in [0.25, 0.3) is 0 Å². The van der Waals surface area contributed by atoms with Gasteiger partial charge in [-0.2, -0.15) is 0 Å². The van der Waals surface area contributed by atoms with Crippen molar-refractivity contribution in [2.45, 2.75) is 45.2 Å². The lowest BCUT2D eigenvalue weighted by Gasteiger charge is -2.20. The van der Waals surface area contributed by atoms with Crippen LogP contribution in [0, 0.1) is 0 Å². The highest BCUT2D eigenvalue weighted by atomic mass is 16.2. The lowest BCUT2D eigenvalue weighted by atomic mass is 10.1. The van der Waals surface area contributed by atoms with Crippen molar-refractivity contribution in [2.75, 3.05) is 13.6 Å². The first kappa shape index (κ1) is 14.6. The van der Waals surface area contributed by atoms with Crippen LogP contribution in [-0.2, 0) is 14.4 Å². The van der Waals surface area contributed by atoms with Crippen molar-refractivity contribution < 1.29 is 14.4 Å².